The number of hydrogen-bond donors (Lipinski definition) is 1. The second-order valence-corrected chi connectivity index (χ2v) is 2.55. The molecule has 0 aliphatic heterocycles. The summed E-state index contributed by atoms with van der Waals surface area (Å²) in [5.41, 5.74) is 0. The van der Waals surface area contributed by atoms with Gasteiger partial charge in [0.1, 0.15) is 5.78 Å². The van der Waals surface area contributed by atoms with E-state index in [1.165, 1.54) is 13.8 Å². The Balaban J connectivity index is 3.01. The first-order chi connectivity index (χ1) is 5.63. The molecule has 12 heavy (non-hydrogen) atoms. The Kier molecular flexibility index (Phi) is 6.28. The maximum absolute atomic E-state index is 10.4. The summed E-state index contributed by atoms with van der Waals surface area (Å²) < 4.78 is 5.06. The molecule has 0 rings (SSSR count). The van der Waals surface area contributed by atoms with E-state index in [2.05, 4.69) is 5.32 Å². The summed E-state index contributed by atoms with van der Waals surface area (Å²) in [4.78, 5) is 20.8. The SMILES string of the molecule is CC(=O)CCOCCNC(C)=O. The molecule has 1 amide bonds. The molecule has 0 radical (unpaired) electrons. The van der Waals surface area contributed by atoms with Gasteiger partial charge in [0, 0.05) is 19.9 Å². The molecule has 0 aromatic carbocycles. The zero-order valence-electron chi connectivity index (χ0n) is 7.55. The molecule has 0 unspecified atom stereocenters. The molecule has 1 N–H and O–H groups in total. The van der Waals surface area contributed by atoms with Crippen LogP contribution >= 0.6 is 0 Å². The third-order valence-electron chi connectivity index (χ3n) is 1.22. The Morgan fingerprint density at radius 1 is 1.25 bits per heavy atom. The molecule has 0 fully saturated rings. The first-order valence-corrected chi connectivity index (χ1v) is 3.94. The van der Waals surface area contributed by atoms with Crippen LogP contribution in [-0.4, -0.2) is 31.4 Å². The zero-order chi connectivity index (χ0) is 9.40. The van der Waals surface area contributed by atoms with E-state index in [1.807, 2.05) is 0 Å². The van der Waals surface area contributed by atoms with Crippen LogP contribution in [0, 0.1) is 0 Å². The molecular weight excluding hydrogens is 158 g/mol. The van der Waals surface area contributed by atoms with E-state index in [4.69, 9.17) is 4.74 Å². The number of rotatable bonds is 6. The molecule has 4 heteroatoms. The van der Waals surface area contributed by atoms with Crippen LogP contribution in [0.4, 0.5) is 0 Å². The van der Waals surface area contributed by atoms with Crippen LogP contribution in [0.1, 0.15) is 20.3 Å². The van der Waals surface area contributed by atoms with Crippen molar-refractivity contribution in [2.45, 2.75) is 20.3 Å². The van der Waals surface area contributed by atoms with Gasteiger partial charge in [0.15, 0.2) is 0 Å². The van der Waals surface area contributed by atoms with E-state index in [-0.39, 0.29) is 11.7 Å². The number of nitrogens with one attached hydrogen (secondary N) is 1. The minimum atomic E-state index is -0.0647. The summed E-state index contributed by atoms with van der Waals surface area (Å²) in [5.74, 6) is 0.0553. The van der Waals surface area contributed by atoms with Crippen molar-refractivity contribution in [1.29, 1.82) is 0 Å². The third-order valence-corrected chi connectivity index (χ3v) is 1.22. The lowest BCUT2D eigenvalue weighted by Crippen LogP contribution is -2.24. The Hall–Kier alpha value is -0.900. The Morgan fingerprint density at radius 3 is 2.42 bits per heavy atom. The van der Waals surface area contributed by atoms with Crippen molar-refractivity contribution in [1.82, 2.24) is 5.32 Å². The van der Waals surface area contributed by atoms with Crippen LogP contribution in [-0.2, 0) is 14.3 Å². The average Bonchev–Trinajstić information content (AvgIpc) is 1.95. The minimum Gasteiger partial charge on any atom is -0.379 e. The van der Waals surface area contributed by atoms with Crippen LogP contribution in [0.3, 0.4) is 0 Å². The van der Waals surface area contributed by atoms with E-state index in [0.717, 1.165) is 0 Å². The smallest absolute Gasteiger partial charge is 0.216 e. The van der Waals surface area contributed by atoms with Gasteiger partial charge in [-0.05, 0) is 6.92 Å². The highest BCUT2D eigenvalue weighted by Crippen LogP contribution is 1.83. The molecule has 0 aromatic rings. The minimum absolute atomic E-state index is 0.0647. The molecule has 0 aromatic heterocycles. The summed E-state index contributed by atoms with van der Waals surface area (Å²) in [6.45, 7) is 4.39. The van der Waals surface area contributed by atoms with Gasteiger partial charge >= 0.3 is 0 Å². The van der Waals surface area contributed by atoms with Crippen LogP contribution in [0.2, 0.25) is 0 Å². The van der Waals surface area contributed by atoms with E-state index in [0.29, 0.717) is 26.2 Å². The molecule has 0 bridgehead atoms. The highest BCUT2D eigenvalue weighted by Gasteiger charge is 1.93. The fourth-order valence-corrected chi connectivity index (χ4v) is 0.617. The number of ketones is 1. The zero-order valence-corrected chi connectivity index (χ0v) is 7.55. The second-order valence-electron chi connectivity index (χ2n) is 2.55. The molecule has 4 nitrogen and oxygen atoms in total. The summed E-state index contributed by atoms with van der Waals surface area (Å²) in [6.07, 6.45) is 0.445. The van der Waals surface area contributed by atoms with Crippen LogP contribution in [0.5, 0.6) is 0 Å². The van der Waals surface area contributed by atoms with Gasteiger partial charge in [-0.1, -0.05) is 0 Å². The molecule has 0 aliphatic rings. The maximum atomic E-state index is 10.4. The normalized spacial score (nSPS) is 9.50. The molecule has 0 spiro atoms. The van der Waals surface area contributed by atoms with Crippen molar-refractivity contribution in [2.75, 3.05) is 19.8 Å². The number of amides is 1. The van der Waals surface area contributed by atoms with Gasteiger partial charge in [-0.3, -0.25) is 9.59 Å². The fraction of sp³-hybridized carbons (Fsp3) is 0.750. The largest absolute Gasteiger partial charge is 0.379 e. The Labute approximate surface area is 72.3 Å². The van der Waals surface area contributed by atoms with E-state index >= 15 is 0 Å². The van der Waals surface area contributed by atoms with Crippen molar-refractivity contribution < 1.29 is 14.3 Å². The Bertz CT molecular complexity index is 138. The predicted molar refractivity (Wildman–Crippen MR) is 44.8 cm³/mol. The first kappa shape index (κ1) is 11.1. The number of ether oxygens (including phenoxy) is 1. The molecule has 0 saturated heterocycles. The predicted octanol–water partition coefficient (Wildman–Crippen LogP) is 0.118. The summed E-state index contributed by atoms with van der Waals surface area (Å²) in [6, 6.07) is 0. The van der Waals surface area contributed by atoms with Gasteiger partial charge < -0.3 is 10.1 Å². The summed E-state index contributed by atoms with van der Waals surface area (Å²) in [7, 11) is 0. The first-order valence-electron chi connectivity index (χ1n) is 3.94. The van der Waals surface area contributed by atoms with Crippen molar-refractivity contribution >= 4 is 11.7 Å². The molecule has 0 heterocycles. The van der Waals surface area contributed by atoms with E-state index in [1.54, 1.807) is 0 Å². The number of carbonyl (C=O) groups excluding carboxylic acids is 2. The van der Waals surface area contributed by atoms with Crippen molar-refractivity contribution in [2.24, 2.45) is 0 Å². The van der Waals surface area contributed by atoms with Crippen LogP contribution < -0.4 is 5.32 Å². The number of carbonyl (C=O) groups is 2. The van der Waals surface area contributed by atoms with Gasteiger partial charge in [-0.15, -0.1) is 0 Å². The molecule has 70 valence electrons. The summed E-state index contributed by atoms with van der Waals surface area (Å²) >= 11 is 0. The lowest BCUT2D eigenvalue weighted by atomic mass is 10.3. The Morgan fingerprint density at radius 2 is 1.92 bits per heavy atom. The topological polar surface area (TPSA) is 55.4 Å². The highest BCUT2D eigenvalue weighted by atomic mass is 16.5. The maximum Gasteiger partial charge on any atom is 0.216 e. The standard InChI is InChI=1S/C8H15NO3/c1-7(10)3-5-12-6-4-9-8(2)11/h3-6H2,1-2H3,(H,9,11). The van der Waals surface area contributed by atoms with Gasteiger partial charge in [-0.2, -0.15) is 0 Å². The van der Waals surface area contributed by atoms with Gasteiger partial charge in [-0.25, -0.2) is 0 Å². The fourth-order valence-electron chi connectivity index (χ4n) is 0.617. The van der Waals surface area contributed by atoms with E-state index in [9.17, 15) is 9.59 Å². The van der Waals surface area contributed by atoms with Gasteiger partial charge in [0.05, 0.1) is 13.2 Å². The highest BCUT2D eigenvalue weighted by molar-refractivity contribution is 5.75. The number of hydrogen-bond acceptors (Lipinski definition) is 3. The second kappa shape index (κ2) is 6.79. The average molecular weight is 173 g/mol. The lowest BCUT2D eigenvalue weighted by molar-refractivity contribution is -0.120. The third kappa shape index (κ3) is 9.10. The van der Waals surface area contributed by atoms with Gasteiger partial charge in [0.2, 0.25) is 5.91 Å². The van der Waals surface area contributed by atoms with Crippen LogP contribution in [0.15, 0.2) is 0 Å². The quantitative estimate of drug-likeness (QED) is 0.580. The summed E-state index contributed by atoms with van der Waals surface area (Å²) in [5, 5.41) is 2.58. The van der Waals surface area contributed by atoms with Crippen LogP contribution in [0.25, 0.3) is 0 Å². The van der Waals surface area contributed by atoms with Crippen molar-refractivity contribution in [3.8, 4) is 0 Å². The molecular formula is C8H15NO3. The molecule has 0 aliphatic carbocycles. The molecule has 0 atom stereocenters. The number of Topliss-reactive ketones (excluding diaryl/α,β-unsaturated/α-hetero) is 1. The van der Waals surface area contributed by atoms with E-state index < -0.39 is 0 Å². The molecule has 0 saturated carbocycles. The lowest BCUT2D eigenvalue weighted by Gasteiger charge is -2.02. The monoisotopic (exact) mass is 173 g/mol. The van der Waals surface area contributed by atoms with Crippen molar-refractivity contribution in [3.63, 3.8) is 0 Å². The van der Waals surface area contributed by atoms with Crippen molar-refractivity contribution in [3.05, 3.63) is 0 Å². The van der Waals surface area contributed by atoms with Gasteiger partial charge in [0.25, 0.3) is 0 Å².